The van der Waals surface area contributed by atoms with Crippen LogP contribution in [0, 0.1) is 19.8 Å². The van der Waals surface area contributed by atoms with E-state index in [-0.39, 0.29) is 11.8 Å². The molecule has 152 valence electrons. The first-order valence-electron chi connectivity index (χ1n) is 9.77. The Hall–Kier alpha value is -2.83. The molecule has 1 aromatic carbocycles. The van der Waals surface area contributed by atoms with Crippen LogP contribution >= 0.6 is 0 Å². The van der Waals surface area contributed by atoms with E-state index in [1.165, 1.54) is 0 Å². The molecule has 0 saturated heterocycles. The highest BCUT2D eigenvalue weighted by Gasteiger charge is 2.10. The van der Waals surface area contributed by atoms with Gasteiger partial charge in [0.05, 0.1) is 18.8 Å². The predicted octanol–water partition coefficient (Wildman–Crippen LogP) is 3.53. The number of benzene rings is 1. The van der Waals surface area contributed by atoms with Crippen LogP contribution < -0.4 is 16.0 Å². The Morgan fingerprint density at radius 2 is 2.04 bits per heavy atom. The molecule has 0 fully saturated rings. The van der Waals surface area contributed by atoms with E-state index in [9.17, 15) is 4.79 Å². The van der Waals surface area contributed by atoms with Crippen molar-refractivity contribution in [2.75, 3.05) is 11.9 Å². The first-order valence-corrected chi connectivity index (χ1v) is 9.77. The van der Waals surface area contributed by atoms with Gasteiger partial charge >= 0.3 is 0 Å². The summed E-state index contributed by atoms with van der Waals surface area (Å²) in [5, 5.41) is 9.40. The van der Waals surface area contributed by atoms with Gasteiger partial charge in [-0.05, 0) is 44.9 Å². The number of aryl methyl sites for hydroxylation is 2. The van der Waals surface area contributed by atoms with Crippen molar-refractivity contribution in [1.82, 2.24) is 15.6 Å². The maximum absolute atomic E-state index is 12.1. The topological polar surface area (TPSA) is 91.5 Å². The number of rotatable bonds is 8. The van der Waals surface area contributed by atoms with Crippen LogP contribution in [0.1, 0.15) is 50.1 Å². The van der Waals surface area contributed by atoms with E-state index >= 15 is 0 Å². The molecule has 0 aliphatic heterocycles. The van der Waals surface area contributed by atoms with Crippen LogP contribution in [0.3, 0.4) is 0 Å². The second-order valence-electron chi connectivity index (χ2n) is 6.80. The zero-order valence-electron chi connectivity index (χ0n) is 17.4. The highest BCUT2D eigenvalue weighted by molar-refractivity contribution is 5.92. The van der Waals surface area contributed by atoms with Crippen LogP contribution in [0.4, 0.5) is 5.69 Å². The molecule has 0 saturated carbocycles. The van der Waals surface area contributed by atoms with Crippen molar-refractivity contribution in [3.63, 3.8) is 0 Å². The minimum absolute atomic E-state index is 0.00582. The first kappa shape index (κ1) is 21.5. The van der Waals surface area contributed by atoms with Crippen LogP contribution in [0.5, 0.6) is 0 Å². The Balaban J connectivity index is 1.99. The first-order chi connectivity index (χ1) is 13.4. The number of carbonyl (C=O) groups excluding carboxylic acids is 1. The number of anilines is 1. The van der Waals surface area contributed by atoms with Gasteiger partial charge in [0.15, 0.2) is 5.96 Å². The molecule has 0 bridgehead atoms. The molecule has 28 heavy (non-hydrogen) atoms. The Bertz CT molecular complexity index is 793. The van der Waals surface area contributed by atoms with E-state index < -0.39 is 0 Å². The Kier molecular flexibility index (Phi) is 8.04. The number of amides is 1. The van der Waals surface area contributed by atoms with Crippen molar-refractivity contribution in [2.24, 2.45) is 10.9 Å². The number of carbonyl (C=O) groups is 1. The third-order valence-electron chi connectivity index (χ3n) is 4.50. The van der Waals surface area contributed by atoms with E-state index in [1.54, 1.807) is 0 Å². The molecule has 7 nitrogen and oxygen atoms in total. The van der Waals surface area contributed by atoms with Gasteiger partial charge in [0.1, 0.15) is 5.76 Å². The molecule has 2 aromatic rings. The number of nitrogens with one attached hydrogen (secondary N) is 3. The number of hydrogen-bond acceptors (Lipinski definition) is 4. The maximum Gasteiger partial charge on any atom is 0.227 e. The van der Waals surface area contributed by atoms with E-state index in [1.807, 2.05) is 58.9 Å². The van der Waals surface area contributed by atoms with E-state index in [4.69, 9.17) is 4.42 Å². The van der Waals surface area contributed by atoms with Crippen molar-refractivity contribution < 1.29 is 9.21 Å². The number of aromatic nitrogens is 1. The van der Waals surface area contributed by atoms with Crippen molar-refractivity contribution in [1.29, 1.82) is 0 Å². The van der Waals surface area contributed by atoms with Crippen molar-refractivity contribution in [3.8, 4) is 0 Å². The number of oxazole rings is 1. The molecule has 1 atom stereocenters. The van der Waals surface area contributed by atoms with Crippen LogP contribution in [-0.4, -0.2) is 23.4 Å². The SMILES string of the molecule is CCNC(=NCc1cccc(NC(=O)C(C)CC)c1)NCc1nc(C)c(C)o1. The molecule has 0 aliphatic carbocycles. The lowest BCUT2D eigenvalue weighted by atomic mass is 10.1. The van der Waals surface area contributed by atoms with Crippen LogP contribution in [-0.2, 0) is 17.9 Å². The van der Waals surface area contributed by atoms with Gasteiger partial charge in [-0.25, -0.2) is 9.98 Å². The minimum Gasteiger partial charge on any atom is -0.444 e. The summed E-state index contributed by atoms with van der Waals surface area (Å²) in [5.41, 5.74) is 2.71. The van der Waals surface area contributed by atoms with Crippen LogP contribution in [0.15, 0.2) is 33.7 Å². The van der Waals surface area contributed by atoms with E-state index in [2.05, 4.69) is 25.9 Å². The van der Waals surface area contributed by atoms with Gasteiger partial charge in [-0.15, -0.1) is 0 Å². The Morgan fingerprint density at radius 1 is 1.25 bits per heavy atom. The van der Waals surface area contributed by atoms with Gasteiger partial charge in [-0.1, -0.05) is 26.0 Å². The third kappa shape index (κ3) is 6.40. The maximum atomic E-state index is 12.1. The van der Waals surface area contributed by atoms with Crippen LogP contribution in [0.25, 0.3) is 0 Å². The second-order valence-corrected chi connectivity index (χ2v) is 6.80. The summed E-state index contributed by atoms with van der Waals surface area (Å²) in [5.74, 6) is 2.18. The fourth-order valence-electron chi connectivity index (χ4n) is 2.48. The van der Waals surface area contributed by atoms with Crippen LogP contribution in [0.2, 0.25) is 0 Å². The zero-order valence-corrected chi connectivity index (χ0v) is 17.4. The van der Waals surface area contributed by atoms with Crippen molar-refractivity contribution >= 4 is 17.6 Å². The third-order valence-corrected chi connectivity index (χ3v) is 4.50. The molecule has 1 heterocycles. The van der Waals surface area contributed by atoms with Gasteiger partial charge in [0.25, 0.3) is 0 Å². The zero-order chi connectivity index (χ0) is 20.5. The Labute approximate surface area is 167 Å². The predicted molar refractivity (Wildman–Crippen MR) is 112 cm³/mol. The molecule has 0 spiro atoms. The summed E-state index contributed by atoms with van der Waals surface area (Å²) in [7, 11) is 0. The highest BCUT2D eigenvalue weighted by Crippen LogP contribution is 2.14. The molecule has 1 amide bonds. The molecule has 7 heteroatoms. The minimum atomic E-state index is -0.00582. The lowest BCUT2D eigenvalue weighted by Gasteiger charge is -2.12. The fourth-order valence-corrected chi connectivity index (χ4v) is 2.48. The van der Waals surface area contributed by atoms with Gasteiger partial charge in [0, 0.05) is 18.2 Å². The van der Waals surface area contributed by atoms with Crippen molar-refractivity contribution in [2.45, 2.75) is 54.1 Å². The average molecular weight is 386 g/mol. The summed E-state index contributed by atoms with van der Waals surface area (Å²) in [6, 6.07) is 7.76. The van der Waals surface area contributed by atoms with E-state index in [0.717, 1.165) is 35.7 Å². The average Bonchev–Trinajstić information content (AvgIpc) is 3.01. The van der Waals surface area contributed by atoms with Gasteiger partial charge < -0.3 is 20.4 Å². The quantitative estimate of drug-likeness (QED) is 0.478. The summed E-state index contributed by atoms with van der Waals surface area (Å²) in [6.45, 7) is 11.5. The molecule has 2 rings (SSSR count). The fraction of sp³-hybridized carbons (Fsp3) is 0.476. The number of nitrogens with zero attached hydrogens (tertiary/aromatic N) is 2. The number of guanidine groups is 1. The number of aliphatic imine (C=N–C) groups is 1. The summed E-state index contributed by atoms with van der Waals surface area (Å²) < 4.78 is 5.59. The summed E-state index contributed by atoms with van der Waals surface area (Å²) in [4.78, 5) is 21.1. The summed E-state index contributed by atoms with van der Waals surface area (Å²) in [6.07, 6.45) is 0.817. The summed E-state index contributed by atoms with van der Waals surface area (Å²) >= 11 is 0. The molecule has 1 unspecified atom stereocenters. The second kappa shape index (κ2) is 10.5. The largest absolute Gasteiger partial charge is 0.444 e. The number of hydrogen-bond donors (Lipinski definition) is 3. The molecule has 0 aliphatic rings. The molecular weight excluding hydrogens is 354 g/mol. The smallest absolute Gasteiger partial charge is 0.227 e. The normalized spacial score (nSPS) is 12.5. The lowest BCUT2D eigenvalue weighted by molar-refractivity contribution is -0.119. The molecule has 0 radical (unpaired) electrons. The van der Waals surface area contributed by atoms with Gasteiger partial charge in [-0.3, -0.25) is 4.79 Å². The standard InChI is InChI=1S/C21H31N5O2/c1-6-14(3)20(27)26-18-10-8-9-17(11-18)12-23-21(22-7-2)24-13-19-25-15(4)16(5)28-19/h8-11,14H,6-7,12-13H2,1-5H3,(H,26,27)(H2,22,23,24). The van der Waals surface area contributed by atoms with Gasteiger partial charge in [-0.2, -0.15) is 0 Å². The van der Waals surface area contributed by atoms with Gasteiger partial charge in [0.2, 0.25) is 11.8 Å². The van der Waals surface area contributed by atoms with E-state index in [0.29, 0.717) is 24.9 Å². The molecular formula is C21H31N5O2. The highest BCUT2D eigenvalue weighted by atomic mass is 16.4. The Morgan fingerprint density at radius 3 is 2.68 bits per heavy atom. The monoisotopic (exact) mass is 385 g/mol. The molecule has 3 N–H and O–H groups in total. The molecule has 1 aromatic heterocycles. The lowest BCUT2D eigenvalue weighted by Crippen LogP contribution is -2.36. The van der Waals surface area contributed by atoms with Crippen molar-refractivity contribution in [3.05, 3.63) is 47.2 Å².